The average molecular weight is 445 g/mol. The summed E-state index contributed by atoms with van der Waals surface area (Å²) in [6, 6.07) is 0. The third-order valence-electron chi connectivity index (χ3n) is 5.62. The predicted molar refractivity (Wildman–Crippen MR) is 114 cm³/mol. The highest BCUT2D eigenvalue weighted by Gasteiger charge is 2.33. The lowest BCUT2D eigenvalue weighted by Gasteiger charge is -2.23. The highest BCUT2D eigenvalue weighted by molar-refractivity contribution is 9.09. The number of hydrogen-bond acceptors (Lipinski definition) is 3. The van der Waals surface area contributed by atoms with E-state index in [-0.39, 0.29) is 6.42 Å². The molecule has 1 aliphatic carbocycles. The predicted octanol–water partition coefficient (Wildman–Crippen LogP) is 5.43. The van der Waals surface area contributed by atoms with Gasteiger partial charge >= 0.3 is 5.97 Å². The molecule has 0 aromatic carbocycles. The van der Waals surface area contributed by atoms with Gasteiger partial charge in [-0.05, 0) is 55.8 Å². The molecule has 0 radical (unpaired) electrons. The molecule has 0 saturated heterocycles. The second kappa shape index (κ2) is 11.4. The van der Waals surface area contributed by atoms with E-state index in [1.54, 1.807) is 0 Å². The number of hydrogen-bond donors (Lipinski definition) is 3. The zero-order valence-electron chi connectivity index (χ0n) is 17.0. The summed E-state index contributed by atoms with van der Waals surface area (Å²) >= 11 is 3.83. The molecule has 1 rings (SSSR count). The van der Waals surface area contributed by atoms with Crippen LogP contribution in [0.5, 0.6) is 0 Å². The number of carboxylic acids is 1. The van der Waals surface area contributed by atoms with E-state index in [0.717, 1.165) is 12.8 Å². The second-order valence-electron chi connectivity index (χ2n) is 8.70. The van der Waals surface area contributed by atoms with Crippen molar-refractivity contribution in [2.75, 3.05) is 0 Å². The van der Waals surface area contributed by atoms with Crippen molar-refractivity contribution in [3.8, 4) is 0 Å². The van der Waals surface area contributed by atoms with Crippen LogP contribution >= 0.6 is 15.9 Å². The van der Waals surface area contributed by atoms with Crippen molar-refractivity contribution in [2.24, 2.45) is 17.3 Å². The second-order valence-corrected chi connectivity index (χ2v) is 9.87. The topological polar surface area (TPSA) is 77.8 Å². The van der Waals surface area contributed by atoms with Crippen molar-refractivity contribution >= 4 is 21.9 Å². The summed E-state index contributed by atoms with van der Waals surface area (Å²) in [5.41, 5.74) is 0.355. The number of halogens is 1. The molecule has 0 aromatic heterocycles. The number of alkyl halides is 1. The normalized spacial score (nSPS) is 24.3. The molecule has 0 bridgehead atoms. The highest BCUT2D eigenvalue weighted by Crippen LogP contribution is 2.40. The van der Waals surface area contributed by atoms with Crippen LogP contribution in [0.3, 0.4) is 0 Å². The van der Waals surface area contributed by atoms with Gasteiger partial charge in [-0.3, -0.25) is 0 Å². The van der Waals surface area contributed by atoms with Gasteiger partial charge in [-0.15, -0.1) is 0 Å². The van der Waals surface area contributed by atoms with E-state index in [0.29, 0.717) is 28.5 Å². The minimum Gasteiger partial charge on any atom is -0.477 e. The zero-order valence-corrected chi connectivity index (χ0v) is 18.6. The Morgan fingerprint density at radius 2 is 1.85 bits per heavy atom. The van der Waals surface area contributed by atoms with E-state index in [2.05, 4.69) is 54.9 Å². The van der Waals surface area contributed by atoms with E-state index in [9.17, 15) is 15.0 Å². The maximum atomic E-state index is 10.7. The molecule has 0 aromatic rings. The summed E-state index contributed by atoms with van der Waals surface area (Å²) < 4.78 is 0. The summed E-state index contributed by atoms with van der Waals surface area (Å²) in [4.78, 5) is 11.2. The monoisotopic (exact) mass is 444 g/mol. The lowest BCUT2D eigenvalue weighted by molar-refractivity contribution is -0.205. The van der Waals surface area contributed by atoms with Crippen molar-refractivity contribution in [1.82, 2.24) is 0 Å². The number of aliphatic hydroxyl groups is 2. The van der Waals surface area contributed by atoms with Crippen LogP contribution in [0, 0.1) is 17.3 Å². The summed E-state index contributed by atoms with van der Waals surface area (Å²) in [6.07, 6.45) is 17.0. The Hall–Kier alpha value is -0.650. The van der Waals surface area contributed by atoms with Crippen molar-refractivity contribution < 1.29 is 20.1 Å². The summed E-state index contributed by atoms with van der Waals surface area (Å²) in [5, 5.41) is 27.3. The quantitative estimate of drug-likeness (QED) is 0.213. The molecular weight excluding hydrogens is 408 g/mol. The maximum Gasteiger partial charge on any atom is 0.364 e. The van der Waals surface area contributed by atoms with E-state index < -0.39 is 11.8 Å². The number of rotatable bonds is 12. The van der Waals surface area contributed by atoms with Gasteiger partial charge < -0.3 is 15.3 Å². The summed E-state index contributed by atoms with van der Waals surface area (Å²) in [5.74, 6) is -3.13. The van der Waals surface area contributed by atoms with Crippen LogP contribution in [0.25, 0.3) is 0 Å². The molecule has 5 heteroatoms. The van der Waals surface area contributed by atoms with Gasteiger partial charge in [0.1, 0.15) is 0 Å². The SMILES string of the molecule is CCCCC(C)(C)C/C=C/[C@@H]1[C@@H](C/C=C\CCC(O)(O)C(=O)O)CC[C@H]1Br. The fourth-order valence-corrected chi connectivity index (χ4v) is 4.56. The maximum absolute atomic E-state index is 10.7. The molecule has 3 atom stereocenters. The van der Waals surface area contributed by atoms with Crippen molar-refractivity contribution in [3.05, 3.63) is 24.3 Å². The Morgan fingerprint density at radius 3 is 2.48 bits per heavy atom. The lowest BCUT2D eigenvalue weighted by atomic mass is 9.83. The van der Waals surface area contributed by atoms with Crippen LogP contribution in [0.4, 0.5) is 0 Å². The third kappa shape index (κ3) is 8.93. The van der Waals surface area contributed by atoms with Gasteiger partial charge in [0.15, 0.2) is 0 Å². The lowest BCUT2D eigenvalue weighted by Crippen LogP contribution is -2.37. The van der Waals surface area contributed by atoms with Crippen LogP contribution in [-0.4, -0.2) is 31.9 Å². The van der Waals surface area contributed by atoms with Crippen LogP contribution in [0.2, 0.25) is 0 Å². The molecule has 4 nitrogen and oxygen atoms in total. The Balaban J connectivity index is 2.47. The van der Waals surface area contributed by atoms with Gasteiger partial charge in [0, 0.05) is 11.2 Å². The van der Waals surface area contributed by atoms with E-state index >= 15 is 0 Å². The summed E-state index contributed by atoms with van der Waals surface area (Å²) in [7, 11) is 0. The Morgan fingerprint density at radius 1 is 1.15 bits per heavy atom. The first-order valence-electron chi connectivity index (χ1n) is 10.2. The molecule has 0 amide bonds. The molecule has 156 valence electrons. The van der Waals surface area contributed by atoms with Crippen LogP contribution in [-0.2, 0) is 4.79 Å². The number of allylic oxidation sites excluding steroid dienone is 4. The van der Waals surface area contributed by atoms with E-state index in [4.69, 9.17) is 5.11 Å². The average Bonchev–Trinajstić information content (AvgIpc) is 2.93. The first-order chi connectivity index (χ1) is 12.6. The summed E-state index contributed by atoms with van der Waals surface area (Å²) in [6.45, 7) is 6.92. The van der Waals surface area contributed by atoms with Gasteiger partial charge in [-0.25, -0.2) is 4.79 Å². The van der Waals surface area contributed by atoms with Crippen LogP contribution in [0.15, 0.2) is 24.3 Å². The molecule has 0 spiro atoms. The molecular formula is C22H37BrO4. The fraction of sp³-hybridized carbons (Fsp3) is 0.773. The van der Waals surface area contributed by atoms with Gasteiger partial charge in [-0.2, -0.15) is 0 Å². The highest BCUT2D eigenvalue weighted by atomic mass is 79.9. The van der Waals surface area contributed by atoms with E-state index in [1.165, 1.54) is 32.1 Å². The molecule has 3 N–H and O–H groups in total. The number of carboxylic acid groups (broad SMARTS) is 1. The van der Waals surface area contributed by atoms with Gasteiger partial charge in [-0.1, -0.05) is 73.8 Å². The minimum absolute atomic E-state index is 0.194. The smallest absolute Gasteiger partial charge is 0.364 e. The van der Waals surface area contributed by atoms with Gasteiger partial charge in [0.2, 0.25) is 0 Å². The van der Waals surface area contributed by atoms with Crippen molar-refractivity contribution in [1.29, 1.82) is 0 Å². The molecule has 1 saturated carbocycles. The zero-order chi connectivity index (χ0) is 20.5. The third-order valence-corrected chi connectivity index (χ3v) is 6.69. The standard InChI is InChI=1S/C22H37BrO4/c1-4-5-14-21(2,3)15-9-11-18-17(12-13-19(18)23)10-7-6-8-16-22(26,27)20(24)25/h6-7,9,11,17-19,26-27H,4-5,8,10,12-16H2,1-3H3,(H,24,25)/b7-6-,11-9+/t17-,18+,19+/m0/s1. The molecule has 27 heavy (non-hydrogen) atoms. The largest absolute Gasteiger partial charge is 0.477 e. The molecule has 1 aliphatic rings. The fourth-order valence-electron chi connectivity index (χ4n) is 3.69. The van der Waals surface area contributed by atoms with Gasteiger partial charge in [0.05, 0.1) is 0 Å². The van der Waals surface area contributed by atoms with Crippen LogP contribution < -0.4 is 0 Å². The van der Waals surface area contributed by atoms with Crippen molar-refractivity contribution in [2.45, 2.75) is 89.2 Å². The van der Waals surface area contributed by atoms with Gasteiger partial charge in [0.25, 0.3) is 5.79 Å². The van der Waals surface area contributed by atoms with Crippen molar-refractivity contribution in [3.63, 3.8) is 0 Å². The molecule has 0 unspecified atom stereocenters. The minimum atomic E-state index is -2.63. The first kappa shape index (κ1) is 24.4. The number of aliphatic carboxylic acids is 1. The van der Waals surface area contributed by atoms with Crippen LogP contribution in [0.1, 0.15) is 78.6 Å². The Labute approximate surface area is 172 Å². The number of unbranched alkanes of at least 4 members (excludes halogenated alkanes) is 1. The molecule has 0 heterocycles. The molecule has 0 aliphatic heterocycles. The first-order valence-corrected chi connectivity index (χ1v) is 11.1. The Kier molecular flexibility index (Phi) is 10.3. The molecule has 1 fully saturated rings. The van der Waals surface area contributed by atoms with E-state index in [1.807, 2.05) is 6.08 Å². The number of carbonyl (C=O) groups is 1. The Bertz CT molecular complexity index is 510.